The summed E-state index contributed by atoms with van der Waals surface area (Å²) in [4.78, 5) is 10.8. The zero-order valence-corrected chi connectivity index (χ0v) is 8.76. The molecule has 0 aromatic rings. The second-order valence-corrected chi connectivity index (χ2v) is 2.94. The highest BCUT2D eigenvalue weighted by molar-refractivity contribution is 5.86. The Hall–Kier alpha value is -1.06. The normalized spacial score (nSPS) is 11.6. The van der Waals surface area contributed by atoms with Crippen molar-refractivity contribution in [3.05, 3.63) is 0 Å². The van der Waals surface area contributed by atoms with Crippen LogP contribution in [0.3, 0.4) is 0 Å². The van der Waals surface area contributed by atoms with Gasteiger partial charge in [-0.05, 0) is 19.3 Å². The monoisotopic (exact) mass is 186 g/mol. The Bertz CT molecular complexity index is 188. The van der Waals surface area contributed by atoms with E-state index in [1.54, 1.807) is 6.92 Å². The molecule has 0 atom stereocenters. The third-order valence-electron chi connectivity index (χ3n) is 1.59. The fourth-order valence-corrected chi connectivity index (χ4v) is 0.897. The van der Waals surface area contributed by atoms with Gasteiger partial charge in [0.05, 0.1) is 6.61 Å². The summed E-state index contributed by atoms with van der Waals surface area (Å²) in [5.74, 6) is 0.354. The van der Waals surface area contributed by atoms with Gasteiger partial charge in [0.25, 0.3) is 0 Å². The highest BCUT2D eigenvalue weighted by atomic mass is 16.5. The largest absolute Gasteiger partial charge is 0.449 e. The number of ether oxygens (including phenoxy) is 1. The Kier molecular flexibility index (Phi) is 5.93. The van der Waals surface area contributed by atoms with Crippen LogP contribution in [0.15, 0.2) is 5.10 Å². The van der Waals surface area contributed by atoms with Crippen LogP contribution >= 0.6 is 0 Å². The lowest BCUT2D eigenvalue weighted by Crippen LogP contribution is -2.22. The van der Waals surface area contributed by atoms with E-state index in [2.05, 4.69) is 15.3 Å². The molecule has 4 nitrogen and oxygen atoms in total. The molecule has 0 rings (SSSR count). The van der Waals surface area contributed by atoms with Crippen molar-refractivity contribution in [1.29, 1.82) is 0 Å². The molecule has 0 aromatic heterocycles. The molecule has 0 fully saturated rings. The molecule has 0 heterocycles. The summed E-state index contributed by atoms with van der Waals surface area (Å²) >= 11 is 0. The first kappa shape index (κ1) is 11.9. The van der Waals surface area contributed by atoms with Crippen molar-refractivity contribution < 1.29 is 9.53 Å². The van der Waals surface area contributed by atoms with E-state index in [0.717, 1.165) is 12.1 Å². The van der Waals surface area contributed by atoms with Crippen molar-refractivity contribution in [3.63, 3.8) is 0 Å². The summed E-state index contributed by atoms with van der Waals surface area (Å²) in [5, 5.41) is 3.95. The van der Waals surface area contributed by atoms with Gasteiger partial charge < -0.3 is 4.74 Å². The van der Waals surface area contributed by atoms with Crippen LogP contribution in [-0.4, -0.2) is 18.4 Å². The lowest BCUT2D eigenvalue weighted by molar-refractivity contribution is 0.152. The Balaban J connectivity index is 3.99. The zero-order valence-electron chi connectivity index (χ0n) is 8.76. The van der Waals surface area contributed by atoms with Gasteiger partial charge in [0.1, 0.15) is 0 Å². The molecule has 0 aliphatic rings. The topological polar surface area (TPSA) is 50.7 Å². The lowest BCUT2D eigenvalue weighted by Gasteiger charge is -2.07. The lowest BCUT2D eigenvalue weighted by atomic mass is 10.1. The standard InChI is InChI=1S/C9H18N2O2/c1-5-8(7(3)4)10-11-9(12)13-6-2/h7H,5-6H2,1-4H3,(H,11,12)/b10-8+. The first-order valence-electron chi connectivity index (χ1n) is 4.61. The zero-order chi connectivity index (χ0) is 10.3. The van der Waals surface area contributed by atoms with E-state index >= 15 is 0 Å². The van der Waals surface area contributed by atoms with Gasteiger partial charge in [0.2, 0.25) is 0 Å². The van der Waals surface area contributed by atoms with Crippen LogP contribution in [0.1, 0.15) is 34.1 Å². The number of hydrazone groups is 1. The number of carbonyl (C=O) groups excluding carboxylic acids is 1. The van der Waals surface area contributed by atoms with E-state index in [-0.39, 0.29) is 0 Å². The maximum absolute atomic E-state index is 10.8. The van der Waals surface area contributed by atoms with Crippen LogP contribution in [0.25, 0.3) is 0 Å². The van der Waals surface area contributed by atoms with E-state index in [9.17, 15) is 4.79 Å². The van der Waals surface area contributed by atoms with Crippen LogP contribution in [-0.2, 0) is 4.74 Å². The molecule has 0 radical (unpaired) electrons. The highest BCUT2D eigenvalue weighted by Gasteiger charge is 2.03. The van der Waals surface area contributed by atoms with Gasteiger partial charge in [0, 0.05) is 5.71 Å². The number of rotatable bonds is 4. The van der Waals surface area contributed by atoms with Gasteiger partial charge in [-0.25, -0.2) is 10.2 Å². The van der Waals surface area contributed by atoms with Crippen molar-refractivity contribution in [2.45, 2.75) is 34.1 Å². The number of carbonyl (C=O) groups is 1. The van der Waals surface area contributed by atoms with Crippen LogP contribution in [0.2, 0.25) is 0 Å². The molecule has 0 unspecified atom stereocenters. The molecule has 4 heteroatoms. The van der Waals surface area contributed by atoms with Crippen molar-refractivity contribution in [3.8, 4) is 0 Å². The SMILES string of the molecule is CCOC(=O)N/N=C(\CC)C(C)C. The van der Waals surface area contributed by atoms with Crippen LogP contribution in [0, 0.1) is 5.92 Å². The summed E-state index contributed by atoms with van der Waals surface area (Å²) in [6.07, 6.45) is 0.346. The van der Waals surface area contributed by atoms with E-state index in [1.165, 1.54) is 0 Å². The number of hydrogen-bond donors (Lipinski definition) is 1. The average molecular weight is 186 g/mol. The molecule has 0 spiro atoms. The number of nitrogens with zero attached hydrogens (tertiary/aromatic N) is 1. The van der Waals surface area contributed by atoms with E-state index < -0.39 is 6.09 Å². The molecular formula is C9H18N2O2. The Morgan fingerprint density at radius 3 is 2.46 bits per heavy atom. The molecule has 0 aliphatic carbocycles. The predicted octanol–water partition coefficient (Wildman–Crippen LogP) is 2.15. The molecule has 0 bridgehead atoms. The summed E-state index contributed by atoms with van der Waals surface area (Å²) in [7, 11) is 0. The van der Waals surface area contributed by atoms with Gasteiger partial charge in [-0.3, -0.25) is 0 Å². The van der Waals surface area contributed by atoms with Gasteiger partial charge in [-0.15, -0.1) is 0 Å². The maximum Gasteiger partial charge on any atom is 0.427 e. The van der Waals surface area contributed by atoms with Gasteiger partial charge in [-0.1, -0.05) is 20.8 Å². The molecule has 0 saturated carbocycles. The maximum atomic E-state index is 10.8. The third kappa shape index (κ3) is 5.22. The van der Waals surface area contributed by atoms with Gasteiger partial charge in [-0.2, -0.15) is 5.10 Å². The molecule has 0 aliphatic heterocycles. The molecule has 0 saturated heterocycles. The molecule has 0 aromatic carbocycles. The predicted molar refractivity (Wildman–Crippen MR) is 52.7 cm³/mol. The second-order valence-electron chi connectivity index (χ2n) is 2.94. The minimum atomic E-state index is -0.492. The second kappa shape index (κ2) is 6.46. The van der Waals surface area contributed by atoms with Gasteiger partial charge >= 0.3 is 6.09 Å². The van der Waals surface area contributed by atoms with E-state index in [0.29, 0.717) is 12.5 Å². The van der Waals surface area contributed by atoms with Crippen molar-refractivity contribution in [2.24, 2.45) is 11.0 Å². The number of amides is 1. The smallest absolute Gasteiger partial charge is 0.427 e. The number of hydrogen-bond acceptors (Lipinski definition) is 3. The first-order valence-corrected chi connectivity index (χ1v) is 4.61. The number of nitrogens with one attached hydrogen (secondary N) is 1. The molecule has 76 valence electrons. The molecule has 1 N–H and O–H groups in total. The third-order valence-corrected chi connectivity index (χ3v) is 1.59. The van der Waals surface area contributed by atoms with Gasteiger partial charge in [0.15, 0.2) is 0 Å². The quantitative estimate of drug-likeness (QED) is 0.540. The minimum Gasteiger partial charge on any atom is -0.449 e. The Labute approximate surface area is 79.3 Å². The Morgan fingerprint density at radius 1 is 1.46 bits per heavy atom. The van der Waals surface area contributed by atoms with Crippen LogP contribution in [0.4, 0.5) is 4.79 Å². The summed E-state index contributed by atoms with van der Waals surface area (Å²) in [5.41, 5.74) is 3.31. The molecular weight excluding hydrogens is 168 g/mol. The van der Waals surface area contributed by atoms with Crippen molar-refractivity contribution >= 4 is 11.8 Å². The molecule has 1 amide bonds. The van der Waals surface area contributed by atoms with Crippen molar-refractivity contribution in [2.75, 3.05) is 6.61 Å². The fraction of sp³-hybridized carbons (Fsp3) is 0.778. The van der Waals surface area contributed by atoms with E-state index in [4.69, 9.17) is 0 Å². The summed E-state index contributed by atoms with van der Waals surface area (Å²) in [6, 6.07) is 0. The first-order chi connectivity index (χ1) is 6.11. The fourth-order valence-electron chi connectivity index (χ4n) is 0.897. The summed E-state index contributed by atoms with van der Waals surface area (Å²) in [6.45, 7) is 8.20. The average Bonchev–Trinajstić information content (AvgIpc) is 2.05. The molecule has 13 heavy (non-hydrogen) atoms. The highest BCUT2D eigenvalue weighted by Crippen LogP contribution is 1.99. The Morgan fingerprint density at radius 2 is 2.08 bits per heavy atom. The van der Waals surface area contributed by atoms with Crippen LogP contribution < -0.4 is 5.43 Å². The minimum absolute atomic E-state index is 0.354. The van der Waals surface area contributed by atoms with E-state index in [1.807, 2.05) is 20.8 Å². The van der Waals surface area contributed by atoms with Crippen molar-refractivity contribution in [1.82, 2.24) is 5.43 Å². The summed E-state index contributed by atoms with van der Waals surface area (Å²) < 4.78 is 4.66. The van der Waals surface area contributed by atoms with Crippen LogP contribution in [0.5, 0.6) is 0 Å².